The van der Waals surface area contributed by atoms with Crippen molar-refractivity contribution in [2.24, 2.45) is 17.8 Å². The number of piperazine rings is 1. The van der Waals surface area contributed by atoms with Gasteiger partial charge >= 0.3 is 0 Å². The SMILES string of the molecule is CC1C(=O)NC(C)(C)C(=O)N1CC1CC2CCC1C2. The lowest BCUT2D eigenvalue weighted by Gasteiger charge is -2.43. The van der Waals surface area contributed by atoms with Gasteiger partial charge in [-0.25, -0.2) is 0 Å². The maximum Gasteiger partial charge on any atom is 0.248 e. The van der Waals surface area contributed by atoms with Gasteiger partial charge in [0.15, 0.2) is 0 Å². The Labute approximate surface area is 114 Å². The van der Waals surface area contributed by atoms with Crippen LogP contribution in [0, 0.1) is 17.8 Å². The molecule has 4 nitrogen and oxygen atoms in total. The van der Waals surface area contributed by atoms with E-state index in [1.165, 1.54) is 25.7 Å². The highest BCUT2D eigenvalue weighted by molar-refractivity contribution is 5.99. The Hall–Kier alpha value is -1.06. The first-order chi connectivity index (χ1) is 8.88. The van der Waals surface area contributed by atoms with Crippen molar-refractivity contribution < 1.29 is 9.59 Å². The molecule has 0 aromatic heterocycles. The van der Waals surface area contributed by atoms with Crippen LogP contribution >= 0.6 is 0 Å². The Morgan fingerprint density at radius 1 is 1.26 bits per heavy atom. The molecule has 106 valence electrons. The van der Waals surface area contributed by atoms with E-state index in [0.29, 0.717) is 5.92 Å². The van der Waals surface area contributed by atoms with Gasteiger partial charge in [0.05, 0.1) is 0 Å². The monoisotopic (exact) mass is 264 g/mol. The van der Waals surface area contributed by atoms with Crippen molar-refractivity contribution in [3.63, 3.8) is 0 Å². The second-order valence-electron chi connectivity index (χ2n) is 7.18. The fraction of sp³-hybridized carbons (Fsp3) is 0.867. The van der Waals surface area contributed by atoms with Crippen LogP contribution in [0.25, 0.3) is 0 Å². The molecule has 4 atom stereocenters. The summed E-state index contributed by atoms with van der Waals surface area (Å²) in [5.74, 6) is 2.34. The van der Waals surface area contributed by atoms with Gasteiger partial charge < -0.3 is 10.2 Å². The number of carbonyl (C=O) groups excluding carboxylic acids is 2. The van der Waals surface area contributed by atoms with Crippen LogP contribution in [0.1, 0.15) is 46.5 Å². The third kappa shape index (κ3) is 2.05. The number of carbonyl (C=O) groups is 2. The lowest BCUT2D eigenvalue weighted by Crippen LogP contribution is -2.67. The van der Waals surface area contributed by atoms with Crippen LogP contribution in [0.2, 0.25) is 0 Å². The average Bonchev–Trinajstić information content (AvgIpc) is 2.94. The molecule has 0 aromatic rings. The van der Waals surface area contributed by atoms with Crippen molar-refractivity contribution in [2.45, 2.75) is 58.0 Å². The zero-order valence-electron chi connectivity index (χ0n) is 12.1. The minimum Gasteiger partial charge on any atom is -0.340 e. The molecule has 2 amide bonds. The van der Waals surface area contributed by atoms with Crippen LogP contribution in [0.5, 0.6) is 0 Å². The normalized spacial score (nSPS) is 40.7. The third-order valence-electron chi connectivity index (χ3n) is 5.39. The molecule has 2 saturated carbocycles. The lowest BCUT2D eigenvalue weighted by molar-refractivity contribution is -0.153. The third-order valence-corrected chi connectivity index (χ3v) is 5.39. The fourth-order valence-electron chi connectivity index (χ4n) is 4.24. The van der Waals surface area contributed by atoms with E-state index in [-0.39, 0.29) is 17.9 Å². The molecule has 2 bridgehead atoms. The fourth-order valence-corrected chi connectivity index (χ4v) is 4.24. The maximum absolute atomic E-state index is 12.5. The van der Waals surface area contributed by atoms with Crippen LogP contribution in [0.3, 0.4) is 0 Å². The van der Waals surface area contributed by atoms with Gasteiger partial charge in [0.25, 0.3) is 0 Å². The molecule has 1 N–H and O–H groups in total. The van der Waals surface area contributed by atoms with Crippen molar-refractivity contribution in [2.75, 3.05) is 6.54 Å². The highest BCUT2D eigenvalue weighted by Crippen LogP contribution is 2.48. The van der Waals surface area contributed by atoms with Gasteiger partial charge in [0, 0.05) is 6.54 Å². The van der Waals surface area contributed by atoms with Crippen molar-refractivity contribution in [1.29, 1.82) is 0 Å². The topological polar surface area (TPSA) is 49.4 Å². The van der Waals surface area contributed by atoms with E-state index in [1.807, 2.05) is 11.8 Å². The predicted molar refractivity (Wildman–Crippen MR) is 72.3 cm³/mol. The van der Waals surface area contributed by atoms with Crippen LogP contribution in [-0.4, -0.2) is 34.8 Å². The molecule has 1 saturated heterocycles. The second kappa shape index (κ2) is 4.22. The molecular formula is C15H24N2O2. The highest BCUT2D eigenvalue weighted by atomic mass is 16.2. The first kappa shape index (κ1) is 12.9. The van der Waals surface area contributed by atoms with E-state index >= 15 is 0 Å². The standard InChI is InChI=1S/C15H24N2O2/c1-9-13(18)16-15(2,3)14(19)17(9)8-12-7-10-4-5-11(12)6-10/h9-12H,4-8H2,1-3H3,(H,16,18). The van der Waals surface area contributed by atoms with Crippen molar-refractivity contribution >= 4 is 11.8 Å². The summed E-state index contributed by atoms with van der Waals surface area (Å²) in [7, 11) is 0. The average molecular weight is 264 g/mol. The summed E-state index contributed by atoms with van der Waals surface area (Å²) in [5, 5.41) is 2.81. The van der Waals surface area contributed by atoms with Crippen LogP contribution in [-0.2, 0) is 9.59 Å². The van der Waals surface area contributed by atoms with Gasteiger partial charge in [0.1, 0.15) is 11.6 Å². The summed E-state index contributed by atoms with van der Waals surface area (Å²) in [6.45, 7) is 6.22. The molecule has 3 fully saturated rings. The molecule has 3 rings (SSSR count). The maximum atomic E-state index is 12.5. The van der Waals surface area contributed by atoms with Crippen LogP contribution < -0.4 is 5.32 Å². The molecule has 4 heteroatoms. The van der Waals surface area contributed by atoms with Crippen molar-refractivity contribution in [1.82, 2.24) is 10.2 Å². The number of amides is 2. The number of hydrogen-bond acceptors (Lipinski definition) is 2. The van der Waals surface area contributed by atoms with E-state index in [0.717, 1.165) is 18.4 Å². The number of fused-ring (bicyclic) bond motifs is 2. The van der Waals surface area contributed by atoms with E-state index in [4.69, 9.17) is 0 Å². The van der Waals surface area contributed by atoms with Crippen molar-refractivity contribution in [3.05, 3.63) is 0 Å². The molecule has 0 radical (unpaired) electrons. The minimum atomic E-state index is -0.749. The molecule has 2 aliphatic carbocycles. The Morgan fingerprint density at radius 3 is 2.58 bits per heavy atom. The molecular weight excluding hydrogens is 240 g/mol. The van der Waals surface area contributed by atoms with Gasteiger partial charge in [-0.3, -0.25) is 9.59 Å². The van der Waals surface area contributed by atoms with Gasteiger partial charge in [-0.05, 0) is 57.8 Å². The number of rotatable bonds is 2. The van der Waals surface area contributed by atoms with Gasteiger partial charge in [-0.15, -0.1) is 0 Å². The lowest BCUT2D eigenvalue weighted by atomic mass is 9.87. The molecule has 1 aliphatic heterocycles. The Balaban J connectivity index is 1.74. The minimum absolute atomic E-state index is 0.0206. The summed E-state index contributed by atoms with van der Waals surface area (Å²) in [4.78, 5) is 26.3. The molecule has 1 heterocycles. The number of nitrogens with one attached hydrogen (secondary N) is 1. The van der Waals surface area contributed by atoms with E-state index in [2.05, 4.69) is 5.32 Å². The summed E-state index contributed by atoms with van der Waals surface area (Å²) < 4.78 is 0. The van der Waals surface area contributed by atoms with E-state index in [9.17, 15) is 9.59 Å². The first-order valence-electron chi connectivity index (χ1n) is 7.51. The van der Waals surface area contributed by atoms with Crippen LogP contribution in [0.15, 0.2) is 0 Å². The Kier molecular flexibility index (Phi) is 2.88. The molecule has 0 aromatic carbocycles. The quantitative estimate of drug-likeness (QED) is 0.822. The first-order valence-corrected chi connectivity index (χ1v) is 7.51. The Morgan fingerprint density at radius 2 is 2.00 bits per heavy atom. The number of hydrogen-bond donors (Lipinski definition) is 1. The van der Waals surface area contributed by atoms with E-state index in [1.54, 1.807) is 13.8 Å². The molecule has 0 spiro atoms. The van der Waals surface area contributed by atoms with Gasteiger partial charge in [-0.2, -0.15) is 0 Å². The predicted octanol–water partition coefficient (Wildman–Crippen LogP) is 1.55. The van der Waals surface area contributed by atoms with Crippen molar-refractivity contribution in [3.8, 4) is 0 Å². The largest absolute Gasteiger partial charge is 0.340 e. The highest BCUT2D eigenvalue weighted by Gasteiger charge is 2.46. The van der Waals surface area contributed by atoms with Crippen LogP contribution in [0.4, 0.5) is 0 Å². The summed E-state index contributed by atoms with van der Waals surface area (Å²) in [6, 6.07) is -0.320. The summed E-state index contributed by atoms with van der Waals surface area (Å²) >= 11 is 0. The van der Waals surface area contributed by atoms with E-state index < -0.39 is 5.54 Å². The summed E-state index contributed by atoms with van der Waals surface area (Å²) in [6.07, 6.45) is 5.29. The molecule has 3 aliphatic rings. The Bertz CT molecular complexity index is 418. The second-order valence-corrected chi connectivity index (χ2v) is 7.18. The summed E-state index contributed by atoms with van der Waals surface area (Å²) in [5.41, 5.74) is -0.749. The smallest absolute Gasteiger partial charge is 0.248 e. The zero-order valence-corrected chi connectivity index (χ0v) is 12.1. The number of nitrogens with zero attached hydrogens (tertiary/aromatic N) is 1. The van der Waals surface area contributed by atoms with Gasteiger partial charge in [-0.1, -0.05) is 6.42 Å². The molecule has 4 unspecified atom stereocenters. The molecule has 19 heavy (non-hydrogen) atoms. The van der Waals surface area contributed by atoms with Gasteiger partial charge in [0.2, 0.25) is 11.8 Å². The zero-order chi connectivity index (χ0) is 13.8.